The highest BCUT2D eigenvalue weighted by atomic mass is 16.4. The third-order valence-electron chi connectivity index (χ3n) is 8.75. The van der Waals surface area contributed by atoms with E-state index in [0.29, 0.717) is 12.8 Å². The highest BCUT2D eigenvalue weighted by Crippen LogP contribution is 2.18. The lowest BCUT2D eigenvalue weighted by molar-refractivity contribution is -0.159. The molecule has 0 bridgehead atoms. The molecule has 7 nitrogen and oxygen atoms in total. The van der Waals surface area contributed by atoms with Crippen LogP contribution >= 0.6 is 0 Å². The molecule has 2 amide bonds. The summed E-state index contributed by atoms with van der Waals surface area (Å²) < 4.78 is 0. The maximum Gasteiger partial charge on any atom is 0.326 e. The molecule has 258 valence electrons. The Kier molecular flexibility index (Phi) is 29.7. The molecule has 44 heavy (non-hydrogen) atoms. The second-order valence-electron chi connectivity index (χ2n) is 12.9. The van der Waals surface area contributed by atoms with Gasteiger partial charge in [-0.05, 0) is 19.3 Å². The van der Waals surface area contributed by atoms with Crippen molar-refractivity contribution in [2.24, 2.45) is 0 Å². The zero-order chi connectivity index (χ0) is 32.7. The summed E-state index contributed by atoms with van der Waals surface area (Å²) in [6.45, 7) is 4.48. The number of unbranched alkanes of at least 4 members (excludes halogenated alkanes) is 24. The lowest BCUT2D eigenvalue weighted by atomic mass is 10.0. The Bertz CT molecular complexity index is 683. The molecule has 0 aliphatic carbocycles. The van der Waals surface area contributed by atoms with Crippen LogP contribution in [0.3, 0.4) is 0 Å². The van der Waals surface area contributed by atoms with Gasteiger partial charge >= 0.3 is 11.9 Å². The van der Waals surface area contributed by atoms with Crippen LogP contribution in [0.1, 0.15) is 206 Å². The number of carbonyl (C=O) groups is 4. The molecule has 0 aromatic heterocycles. The number of hydrogen-bond acceptors (Lipinski definition) is 4. The highest BCUT2D eigenvalue weighted by Gasteiger charge is 2.34. The van der Waals surface area contributed by atoms with E-state index >= 15 is 0 Å². The van der Waals surface area contributed by atoms with E-state index in [1.54, 1.807) is 0 Å². The molecule has 0 fully saturated rings. The molecule has 0 heterocycles. The molecular weight excluding hydrogens is 554 g/mol. The molecule has 1 atom stereocenters. The van der Waals surface area contributed by atoms with Crippen molar-refractivity contribution in [3.05, 3.63) is 0 Å². The average molecular weight is 624 g/mol. The van der Waals surface area contributed by atoms with Crippen molar-refractivity contribution in [3.8, 4) is 0 Å². The van der Waals surface area contributed by atoms with Gasteiger partial charge in [0.25, 0.3) is 0 Å². The first kappa shape index (κ1) is 42.1. The highest BCUT2D eigenvalue weighted by molar-refractivity contribution is 5.99. The van der Waals surface area contributed by atoms with Crippen LogP contribution in [0.25, 0.3) is 0 Å². The molecule has 7 heteroatoms. The van der Waals surface area contributed by atoms with Gasteiger partial charge in [0.05, 0.1) is 0 Å². The Morgan fingerprint density at radius 1 is 0.432 bits per heavy atom. The van der Waals surface area contributed by atoms with Crippen molar-refractivity contribution in [2.75, 3.05) is 0 Å². The van der Waals surface area contributed by atoms with Crippen LogP contribution in [0, 0.1) is 0 Å². The summed E-state index contributed by atoms with van der Waals surface area (Å²) in [4.78, 5) is 50.2. The van der Waals surface area contributed by atoms with E-state index in [1.165, 1.54) is 116 Å². The number of hydrogen-bond donors (Lipinski definition) is 2. The minimum Gasteiger partial charge on any atom is -0.481 e. The SMILES string of the molecule is CCCCCCCCCCCCCCCC(=O)N(C(=O)CCCCCCCCCCCCCCC)C(CCC(=O)O)C(=O)O. The largest absolute Gasteiger partial charge is 0.481 e. The third kappa shape index (κ3) is 25.4. The predicted molar refractivity (Wildman–Crippen MR) is 181 cm³/mol. The van der Waals surface area contributed by atoms with Gasteiger partial charge in [-0.25, -0.2) is 4.79 Å². The van der Waals surface area contributed by atoms with E-state index < -0.39 is 36.2 Å². The maximum absolute atomic E-state index is 13.1. The summed E-state index contributed by atoms with van der Waals surface area (Å²) in [5.74, 6) is -3.41. The van der Waals surface area contributed by atoms with Crippen molar-refractivity contribution in [1.29, 1.82) is 0 Å². The first-order chi connectivity index (χ1) is 21.3. The topological polar surface area (TPSA) is 112 Å². The molecule has 0 aliphatic heterocycles. The van der Waals surface area contributed by atoms with Gasteiger partial charge in [-0.2, -0.15) is 0 Å². The van der Waals surface area contributed by atoms with E-state index in [2.05, 4.69) is 13.8 Å². The zero-order valence-corrected chi connectivity index (χ0v) is 28.8. The third-order valence-corrected chi connectivity index (χ3v) is 8.75. The predicted octanol–water partition coefficient (Wildman–Crippen LogP) is 10.6. The monoisotopic (exact) mass is 624 g/mol. The molecule has 0 rings (SSSR count). The second kappa shape index (κ2) is 31.1. The number of nitrogens with zero attached hydrogens (tertiary/aromatic N) is 1. The van der Waals surface area contributed by atoms with E-state index in [-0.39, 0.29) is 19.3 Å². The quantitative estimate of drug-likeness (QED) is 0.0703. The second-order valence-corrected chi connectivity index (χ2v) is 12.9. The van der Waals surface area contributed by atoms with Crippen LogP contribution in [0.15, 0.2) is 0 Å². The van der Waals surface area contributed by atoms with Gasteiger partial charge < -0.3 is 10.2 Å². The summed E-state index contributed by atoms with van der Waals surface area (Å²) in [7, 11) is 0. The van der Waals surface area contributed by atoms with Crippen LogP contribution in [0.5, 0.6) is 0 Å². The van der Waals surface area contributed by atoms with Crippen LogP contribution < -0.4 is 0 Å². The van der Waals surface area contributed by atoms with Crippen molar-refractivity contribution < 1.29 is 29.4 Å². The van der Waals surface area contributed by atoms with Crippen LogP contribution in [0.4, 0.5) is 0 Å². The van der Waals surface area contributed by atoms with Gasteiger partial charge in [-0.1, -0.05) is 168 Å². The van der Waals surface area contributed by atoms with E-state index in [9.17, 15) is 24.3 Å². The minimum absolute atomic E-state index is 0.124. The van der Waals surface area contributed by atoms with Crippen molar-refractivity contribution in [2.45, 2.75) is 213 Å². The van der Waals surface area contributed by atoms with Crippen molar-refractivity contribution in [3.63, 3.8) is 0 Å². The zero-order valence-electron chi connectivity index (χ0n) is 28.8. The number of imide groups is 1. The lowest BCUT2D eigenvalue weighted by Crippen LogP contribution is -2.48. The van der Waals surface area contributed by atoms with Gasteiger partial charge in [0.2, 0.25) is 11.8 Å². The number of carbonyl (C=O) groups excluding carboxylic acids is 2. The molecule has 1 unspecified atom stereocenters. The summed E-state index contributed by atoms with van der Waals surface area (Å²) in [6, 6.07) is -1.42. The van der Waals surface area contributed by atoms with E-state index in [4.69, 9.17) is 5.11 Å². The number of carboxylic acids is 2. The Morgan fingerprint density at radius 2 is 0.705 bits per heavy atom. The first-order valence-corrected chi connectivity index (χ1v) is 18.6. The van der Waals surface area contributed by atoms with Crippen LogP contribution in [0.2, 0.25) is 0 Å². The van der Waals surface area contributed by atoms with E-state index in [1.807, 2.05) is 0 Å². The Balaban J connectivity index is 4.40. The number of rotatable bonds is 33. The van der Waals surface area contributed by atoms with Crippen molar-refractivity contribution >= 4 is 23.8 Å². The number of aliphatic carboxylic acids is 2. The maximum atomic E-state index is 13.1. The Hall–Kier alpha value is -1.92. The fraction of sp³-hybridized carbons (Fsp3) is 0.892. The molecule has 0 aromatic rings. The first-order valence-electron chi connectivity index (χ1n) is 18.6. The smallest absolute Gasteiger partial charge is 0.326 e. The molecule has 0 saturated carbocycles. The number of carboxylic acid groups (broad SMARTS) is 2. The fourth-order valence-corrected chi connectivity index (χ4v) is 5.94. The number of amides is 2. The average Bonchev–Trinajstić information content (AvgIpc) is 2.99. The minimum atomic E-state index is -1.42. The molecule has 0 radical (unpaired) electrons. The molecule has 2 N–H and O–H groups in total. The van der Waals surface area contributed by atoms with Gasteiger partial charge in [0.15, 0.2) is 0 Å². The molecule has 0 saturated heterocycles. The van der Waals surface area contributed by atoms with Crippen LogP contribution in [-0.4, -0.2) is 44.9 Å². The van der Waals surface area contributed by atoms with Gasteiger partial charge in [-0.3, -0.25) is 19.3 Å². The van der Waals surface area contributed by atoms with Gasteiger partial charge in [-0.15, -0.1) is 0 Å². The summed E-state index contributed by atoms with van der Waals surface area (Å²) in [6.07, 6.45) is 30.3. The Morgan fingerprint density at radius 3 is 0.955 bits per heavy atom. The summed E-state index contributed by atoms with van der Waals surface area (Å²) in [5, 5.41) is 18.9. The lowest BCUT2D eigenvalue weighted by Gasteiger charge is -2.27. The van der Waals surface area contributed by atoms with Gasteiger partial charge in [0.1, 0.15) is 6.04 Å². The van der Waals surface area contributed by atoms with Crippen LogP contribution in [-0.2, 0) is 19.2 Å². The van der Waals surface area contributed by atoms with Gasteiger partial charge in [0, 0.05) is 19.3 Å². The molecule has 0 aliphatic rings. The molecule has 0 spiro atoms. The van der Waals surface area contributed by atoms with E-state index in [0.717, 1.165) is 43.4 Å². The summed E-state index contributed by atoms with van der Waals surface area (Å²) in [5.41, 5.74) is 0. The normalized spacial score (nSPS) is 11.9. The standard InChI is InChI=1S/C37H69NO6/c1-3-5-7-9-11-13-15-17-19-21-23-25-27-29-34(39)38(33(37(43)44)31-32-36(41)42)35(40)30-28-26-24-22-20-18-16-14-12-10-8-6-4-2/h33H,3-32H2,1-2H3,(H,41,42)(H,43,44). The fourth-order valence-electron chi connectivity index (χ4n) is 5.94. The molecular formula is C37H69NO6. The van der Waals surface area contributed by atoms with Crippen molar-refractivity contribution in [1.82, 2.24) is 4.90 Å². The summed E-state index contributed by atoms with van der Waals surface area (Å²) >= 11 is 0. The Labute approximate surface area is 270 Å². The molecule has 0 aromatic carbocycles.